The molecule has 0 aliphatic rings. The van der Waals surface area contributed by atoms with Crippen LogP contribution in [0.2, 0.25) is 0 Å². The lowest BCUT2D eigenvalue weighted by atomic mass is 10.1. The summed E-state index contributed by atoms with van der Waals surface area (Å²) >= 11 is 0. The third kappa shape index (κ3) is 5.14. The maximum absolute atomic E-state index is 13.8. The highest BCUT2D eigenvalue weighted by Gasteiger charge is 2.16. The van der Waals surface area contributed by atoms with Crippen LogP contribution in [-0.2, 0) is 13.2 Å². The van der Waals surface area contributed by atoms with Crippen molar-refractivity contribution in [3.05, 3.63) is 89.5 Å². The largest absolute Gasteiger partial charge is 0.493 e. The van der Waals surface area contributed by atoms with Crippen molar-refractivity contribution < 1.29 is 18.7 Å². The number of rotatable bonds is 8. The second kappa shape index (κ2) is 9.73. The molecule has 0 saturated carbocycles. The van der Waals surface area contributed by atoms with Gasteiger partial charge in [-0.15, -0.1) is 0 Å². The van der Waals surface area contributed by atoms with Gasteiger partial charge in [-0.1, -0.05) is 24.3 Å². The van der Waals surface area contributed by atoms with Crippen LogP contribution in [0.3, 0.4) is 0 Å². The summed E-state index contributed by atoms with van der Waals surface area (Å²) in [6.07, 6.45) is 0. The number of amides is 1. The molecule has 170 valence electrons. The molecule has 7 heteroatoms. The van der Waals surface area contributed by atoms with Gasteiger partial charge in [-0.2, -0.15) is 0 Å². The topological polar surface area (TPSA) is 65.4 Å². The average molecular weight is 448 g/mol. The molecule has 1 amide bonds. The molecule has 0 fully saturated rings. The van der Waals surface area contributed by atoms with E-state index in [4.69, 9.17) is 14.5 Å². The fraction of sp³-hybridized carbons (Fsp3) is 0.231. The number of hydrogen-bond acceptors (Lipinski definition) is 4. The van der Waals surface area contributed by atoms with E-state index in [-0.39, 0.29) is 24.4 Å². The van der Waals surface area contributed by atoms with Crippen molar-refractivity contribution in [2.45, 2.75) is 33.0 Å². The number of carbonyl (C=O) groups excluding carboxylic acids is 1. The second-order valence-electron chi connectivity index (χ2n) is 8.02. The summed E-state index contributed by atoms with van der Waals surface area (Å²) in [4.78, 5) is 17.2. The summed E-state index contributed by atoms with van der Waals surface area (Å²) < 4.78 is 27.2. The minimum absolute atomic E-state index is 0.0311. The number of fused-ring (bicyclic) bond motifs is 1. The van der Waals surface area contributed by atoms with E-state index in [0.717, 1.165) is 11.1 Å². The van der Waals surface area contributed by atoms with Crippen molar-refractivity contribution in [3.63, 3.8) is 0 Å². The maximum Gasteiger partial charge on any atom is 0.251 e. The number of methoxy groups -OCH3 is 1. The fourth-order valence-electron chi connectivity index (χ4n) is 3.65. The smallest absolute Gasteiger partial charge is 0.251 e. The van der Waals surface area contributed by atoms with Gasteiger partial charge in [-0.3, -0.25) is 4.79 Å². The minimum Gasteiger partial charge on any atom is -0.493 e. The lowest BCUT2D eigenvalue weighted by Crippen LogP contribution is -2.29. The molecule has 0 radical (unpaired) electrons. The van der Waals surface area contributed by atoms with Gasteiger partial charge in [0.1, 0.15) is 18.2 Å². The van der Waals surface area contributed by atoms with E-state index in [9.17, 15) is 9.18 Å². The van der Waals surface area contributed by atoms with Crippen LogP contribution < -0.4 is 14.8 Å². The monoisotopic (exact) mass is 447 g/mol. The molecule has 3 aromatic carbocycles. The van der Waals surface area contributed by atoms with Gasteiger partial charge in [0, 0.05) is 18.2 Å². The molecule has 0 aliphatic carbocycles. The fourth-order valence-corrected chi connectivity index (χ4v) is 3.65. The van der Waals surface area contributed by atoms with Crippen LogP contribution >= 0.6 is 0 Å². The van der Waals surface area contributed by atoms with Gasteiger partial charge < -0.3 is 19.4 Å². The number of carbonyl (C=O) groups is 1. The molecule has 33 heavy (non-hydrogen) atoms. The summed E-state index contributed by atoms with van der Waals surface area (Å²) in [6, 6.07) is 19.3. The molecule has 0 unspecified atom stereocenters. The molecule has 0 atom stereocenters. The third-order valence-corrected chi connectivity index (χ3v) is 5.16. The molecule has 4 aromatic rings. The number of benzene rings is 3. The van der Waals surface area contributed by atoms with E-state index in [1.807, 2.05) is 54.8 Å². The number of aromatic nitrogens is 2. The van der Waals surface area contributed by atoms with Crippen LogP contribution in [0.1, 0.15) is 35.6 Å². The van der Waals surface area contributed by atoms with Crippen molar-refractivity contribution in [2.75, 3.05) is 7.11 Å². The molecular formula is C26H26FN3O3. The number of hydrogen-bond donors (Lipinski definition) is 1. The van der Waals surface area contributed by atoms with E-state index in [0.29, 0.717) is 34.9 Å². The molecule has 0 saturated heterocycles. The van der Waals surface area contributed by atoms with Crippen LogP contribution in [0.25, 0.3) is 11.0 Å². The zero-order valence-electron chi connectivity index (χ0n) is 18.8. The van der Waals surface area contributed by atoms with E-state index < -0.39 is 0 Å². The van der Waals surface area contributed by atoms with E-state index in [1.165, 1.54) is 12.1 Å². The third-order valence-electron chi connectivity index (χ3n) is 5.16. The lowest BCUT2D eigenvalue weighted by Gasteiger charge is -2.13. The van der Waals surface area contributed by atoms with Gasteiger partial charge in [0.2, 0.25) is 0 Å². The van der Waals surface area contributed by atoms with Gasteiger partial charge in [0.25, 0.3) is 5.91 Å². The highest BCUT2D eigenvalue weighted by molar-refractivity contribution is 5.97. The Labute approximate surface area is 192 Å². The molecule has 4 rings (SSSR count). The number of para-hydroxylation sites is 2. The van der Waals surface area contributed by atoms with Gasteiger partial charge in [0.05, 0.1) is 18.1 Å². The van der Waals surface area contributed by atoms with Crippen molar-refractivity contribution in [3.8, 4) is 11.5 Å². The van der Waals surface area contributed by atoms with Crippen molar-refractivity contribution in [1.29, 1.82) is 0 Å². The number of halogens is 1. The summed E-state index contributed by atoms with van der Waals surface area (Å²) in [7, 11) is 1.59. The zero-order valence-corrected chi connectivity index (χ0v) is 18.8. The predicted molar refractivity (Wildman–Crippen MR) is 125 cm³/mol. The van der Waals surface area contributed by atoms with Crippen LogP contribution in [0.5, 0.6) is 11.5 Å². The molecule has 0 aliphatic heterocycles. The maximum atomic E-state index is 13.8. The Morgan fingerprint density at radius 1 is 1.06 bits per heavy atom. The Hall–Kier alpha value is -3.87. The number of ether oxygens (including phenoxy) is 2. The van der Waals surface area contributed by atoms with Gasteiger partial charge >= 0.3 is 0 Å². The van der Waals surface area contributed by atoms with Crippen molar-refractivity contribution >= 4 is 16.9 Å². The Morgan fingerprint density at radius 3 is 2.58 bits per heavy atom. The summed E-state index contributed by atoms with van der Waals surface area (Å²) in [5.74, 6) is 1.43. The van der Waals surface area contributed by atoms with Crippen molar-refractivity contribution in [2.24, 2.45) is 0 Å². The Kier molecular flexibility index (Phi) is 6.58. The molecule has 1 N–H and O–H groups in total. The minimum atomic E-state index is -0.295. The zero-order chi connectivity index (χ0) is 23.4. The SMILES string of the molecule is COc1ccccc1OCc1nc2cc(C(=O)NC(C)C)ccc2n1Cc1cccc(F)c1. The van der Waals surface area contributed by atoms with Gasteiger partial charge in [0.15, 0.2) is 11.5 Å². The molecule has 1 aromatic heterocycles. The molecular weight excluding hydrogens is 421 g/mol. The number of imidazole rings is 1. The van der Waals surface area contributed by atoms with E-state index in [1.54, 1.807) is 25.3 Å². The first-order valence-electron chi connectivity index (χ1n) is 10.7. The molecule has 6 nitrogen and oxygen atoms in total. The quantitative estimate of drug-likeness (QED) is 0.415. The Bertz CT molecular complexity index is 1280. The Balaban J connectivity index is 1.71. The first-order chi connectivity index (χ1) is 15.9. The van der Waals surface area contributed by atoms with E-state index in [2.05, 4.69) is 5.32 Å². The second-order valence-corrected chi connectivity index (χ2v) is 8.02. The summed E-state index contributed by atoms with van der Waals surface area (Å²) in [6.45, 7) is 4.42. The molecule has 1 heterocycles. The van der Waals surface area contributed by atoms with Crippen LogP contribution in [0, 0.1) is 5.82 Å². The predicted octanol–water partition coefficient (Wildman–Crippen LogP) is 4.95. The van der Waals surface area contributed by atoms with Gasteiger partial charge in [-0.25, -0.2) is 9.37 Å². The highest BCUT2D eigenvalue weighted by atomic mass is 19.1. The first kappa shape index (κ1) is 22.3. The standard InChI is InChI=1S/C26H26FN3O3/c1-17(2)28-26(31)19-11-12-22-21(14-19)29-25(16-33-24-10-5-4-9-23(24)32-3)30(22)15-18-7-6-8-20(27)13-18/h4-14,17H,15-16H2,1-3H3,(H,28,31). The summed E-state index contributed by atoms with van der Waals surface area (Å²) in [5.41, 5.74) is 2.83. The molecule has 0 spiro atoms. The molecule has 0 bridgehead atoms. The van der Waals surface area contributed by atoms with Gasteiger partial charge in [-0.05, 0) is 61.9 Å². The van der Waals surface area contributed by atoms with Crippen LogP contribution in [-0.4, -0.2) is 28.6 Å². The normalized spacial score (nSPS) is 11.1. The highest BCUT2D eigenvalue weighted by Crippen LogP contribution is 2.27. The Morgan fingerprint density at radius 2 is 1.85 bits per heavy atom. The van der Waals surface area contributed by atoms with Crippen LogP contribution in [0.4, 0.5) is 4.39 Å². The van der Waals surface area contributed by atoms with Crippen LogP contribution in [0.15, 0.2) is 66.7 Å². The lowest BCUT2D eigenvalue weighted by molar-refractivity contribution is 0.0943. The number of nitrogens with zero attached hydrogens (tertiary/aromatic N) is 2. The van der Waals surface area contributed by atoms with Crippen molar-refractivity contribution in [1.82, 2.24) is 14.9 Å². The summed E-state index contributed by atoms with van der Waals surface area (Å²) in [5, 5.41) is 2.90. The van der Waals surface area contributed by atoms with E-state index >= 15 is 0 Å². The first-order valence-corrected chi connectivity index (χ1v) is 10.7. The average Bonchev–Trinajstić information content (AvgIpc) is 3.14. The number of nitrogens with one attached hydrogen (secondary N) is 1.